The minimum Gasteiger partial charge on any atom is -0.469 e. The predicted molar refractivity (Wildman–Crippen MR) is 98.6 cm³/mol. The van der Waals surface area contributed by atoms with E-state index >= 15 is 0 Å². The second-order valence-electron chi connectivity index (χ2n) is 6.10. The number of nitrogens with zero attached hydrogens (tertiary/aromatic N) is 3. The van der Waals surface area contributed by atoms with Gasteiger partial charge in [-0.3, -0.25) is 4.79 Å². The highest BCUT2D eigenvalue weighted by atomic mass is 32.2. The zero-order valence-corrected chi connectivity index (χ0v) is 15.5. The smallest absolute Gasteiger partial charge is 0.277 e. The van der Waals surface area contributed by atoms with Crippen molar-refractivity contribution < 1.29 is 8.83 Å². The van der Waals surface area contributed by atoms with Crippen molar-refractivity contribution in [3.05, 3.63) is 44.7 Å². The maximum Gasteiger partial charge on any atom is 0.277 e. The summed E-state index contributed by atoms with van der Waals surface area (Å²) >= 11 is 2.98. The molecule has 0 amide bonds. The first kappa shape index (κ1) is 15.8. The lowest BCUT2D eigenvalue weighted by Gasteiger charge is -1.99. The number of H-pyrrole nitrogens is 1. The summed E-state index contributed by atoms with van der Waals surface area (Å²) in [6, 6.07) is 1.79. The van der Waals surface area contributed by atoms with E-state index in [1.54, 1.807) is 23.7 Å². The number of thiophene rings is 1. The van der Waals surface area contributed by atoms with Gasteiger partial charge in [0.1, 0.15) is 16.4 Å². The highest BCUT2D eigenvalue weighted by Crippen LogP contribution is 2.35. The number of aromatic nitrogens is 4. The number of furan rings is 1. The first-order valence-corrected chi connectivity index (χ1v) is 10.0. The molecule has 0 radical (unpaired) electrons. The molecule has 0 aliphatic heterocycles. The molecule has 0 unspecified atom stereocenters. The number of hydrogen-bond acceptors (Lipinski definition) is 8. The van der Waals surface area contributed by atoms with E-state index in [9.17, 15) is 4.79 Å². The molecule has 1 N–H and O–H groups in total. The zero-order valence-electron chi connectivity index (χ0n) is 13.9. The van der Waals surface area contributed by atoms with E-state index in [2.05, 4.69) is 20.2 Å². The van der Waals surface area contributed by atoms with Crippen LogP contribution in [0.5, 0.6) is 0 Å². The minimum absolute atomic E-state index is 0.0507. The summed E-state index contributed by atoms with van der Waals surface area (Å²) in [5.41, 5.74) is 1.92. The third kappa shape index (κ3) is 2.58. The molecule has 9 heteroatoms. The summed E-state index contributed by atoms with van der Waals surface area (Å²) in [6.07, 6.45) is 4.75. The van der Waals surface area contributed by atoms with Crippen molar-refractivity contribution in [1.29, 1.82) is 0 Å². The summed E-state index contributed by atoms with van der Waals surface area (Å²) in [5, 5.41) is 9.28. The van der Waals surface area contributed by atoms with Crippen LogP contribution in [0.3, 0.4) is 0 Å². The molecule has 4 aromatic rings. The van der Waals surface area contributed by atoms with Gasteiger partial charge in [-0.2, -0.15) is 0 Å². The molecule has 0 saturated heterocycles. The van der Waals surface area contributed by atoms with Crippen LogP contribution in [0.15, 0.2) is 31.2 Å². The van der Waals surface area contributed by atoms with Gasteiger partial charge in [-0.1, -0.05) is 11.8 Å². The standard InChI is InChI=1S/C17H14N4O3S2/c1-8-9(5-6-23-8)15-20-21-17(24-15)25-7-12-18-14(22)13-10-3-2-4-11(10)26-16(13)19-12/h5-6H,2-4,7H2,1H3,(H,18,19,22). The van der Waals surface area contributed by atoms with E-state index in [0.29, 0.717) is 22.7 Å². The Bertz CT molecular complexity index is 1170. The molecule has 1 aliphatic rings. The van der Waals surface area contributed by atoms with Crippen LogP contribution in [0.25, 0.3) is 21.7 Å². The monoisotopic (exact) mass is 386 g/mol. The van der Waals surface area contributed by atoms with Crippen molar-refractivity contribution >= 4 is 33.3 Å². The molecule has 0 bridgehead atoms. The maximum absolute atomic E-state index is 12.5. The number of fused-ring (bicyclic) bond motifs is 3. The van der Waals surface area contributed by atoms with Gasteiger partial charge in [0.2, 0.25) is 0 Å². The van der Waals surface area contributed by atoms with E-state index in [4.69, 9.17) is 8.83 Å². The number of thioether (sulfide) groups is 1. The van der Waals surface area contributed by atoms with Crippen LogP contribution < -0.4 is 5.56 Å². The van der Waals surface area contributed by atoms with Gasteiger partial charge < -0.3 is 13.8 Å². The predicted octanol–water partition coefficient (Wildman–Crippen LogP) is 3.72. The molecular weight excluding hydrogens is 372 g/mol. The lowest BCUT2D eigenvalue weighted by atomic mass is 10.2. The topological polar surface area (TPSA) is 97.8 Å². The number of hydrogen-bond donors (Lipinski definition) is 1. The molecular formula is C17H14N4O3S2. The summed E-state index contributed by atoms with van der Waals surface area (Å²) < 4.78 is 10.9. The Labute approximate surface area is 155 Å². The summed E-state index contributed by atoms with van der Waals surface area (Å²) in [6.45, 7) is 1.84. The third-order valence-corrected chi connectivity index (χ3v) is 6.47. The van der Waals surface area contributed by atoms with Gasteiger partial charge in [0.15, 0.2) is 0 Å². The van der Waals surface area contributed by atoms with Gasteiger partial charge in [-0.15, -0.1) is 21.5 Å². The first-order valence-electron chi connectivity index (χ1n) is 8.23. The highest BCUT2D eigenvalue weighted by Gasteiger charge is 2.21. The first-order chi connectivity index (χ1) is 12.7. The SMILES string of the molecule is Cc1occc1-c1nnc(SCc2nc3sc4c(c3c(=O)[nH]2)CCC4)o1. The average molecular weight is 386 g/mol. The van der Waals surface area contributed by atoms with Crippen molar-refractivity contribution in [1.82, 2.24) is 20.2 Å². The molecule has 0 saturated carbocycles. The van der Waals surface area contributed by atoms with E-state index in [1.165, 1.54) is 22.2 Å². The van der Waals surface area contributed by atoms with Gasteiger partial charge >= 0.3 is 0 Å². The fourth-order valence-corrected chi connectivity index (χ4v) is 5.14. The van der Waals surface area contributed by atoms with Crippen LogP contribution in [-0.4, -0.2) is 20.2 Å². The fraction of sp³-hybridized carbons (Fsp3) is 0.294. The summed E-state index contributed by atoms with van der Waals surface area (Å²) in [4.78, 5) is 22.1. The molecule has 0 fully saturated rings. The van der Waals surface area contributed by atoms with Gasteiger partial charge in [0.25, 0.3) is 16.7 Å². The Morgan fingerprint density at radius 2 is 2.27 bits per heavy atom. The molecule has 0 spiro atoms. The summed E-state index contributed by atoms with van der Waals surface area (Å²) in [7, 11) is 0. The molecule has 7 nitrogen and oxygen atoms in total. The van der Waals surface area contributed by atoms with Crippen molar-refractivity contribution in [2.45, 2.75) is 37.2 Å². The Balaban J connectivity index is 1.38. The molecule has 1 aliphatic carbocycles. The zero-order chi connectivity index (χ0) is 17.7. The van der Waals surface area contributed by atoms with Gasteiger partial charge in [0, 0.05) is 4.88 Å². The Morgan fingerprint density at radius 1 is 1.35 bits per heavy atom. The van der Waals surface area contributed by atoms with E-state index < -0.39 is 0 Å². The quantitative estimate of drug-likeness (QED) is 0.534. The number of aromatic amines is 1. The Morgan fingerprint density at radius 3 is 3.12 bits per heavy atom. The third-order valence-electron chi connectivity index (χ3n) is 4.45. The van der Waals surface area contributed by atoms with Crippen LogP contribution >= 0.6 is 23.1 Å². The Hall–Kier alpha value is -2.39. The lowest BCUT2D eigenvalue weighted by Crippen LogP contribution is -2.11. The van der Waals surface area contributed by atoms with Crippen molar-refractivity contribution in [3.63, 3.8) is 0 Å². The second kappa shape index (κ2) is 6.10. The van der Waals surface area contributed by atoms with E-state index in [1.807, 2.05) is 6.92 Å². The molecule has 0 atom stereocenters. The van der Waals surface area contributed by atoms with Crippen molar-refractivity contribution in [3.8, 4) is 11.5 Å². The Kier molecular flexibility index (Phi) is 3.71. The minimum atomic E-state index is -0.0507. The highest BCUT2D eigenvalue weighted by molar-refractivity contribution is 7.98. The maximum atomic E-state index is 12.5. The van der Waals surface area contributed by atoms with Crippen molar-refractivity contribution in [2.24, 2.45) is 0 Å². The fourth-order valence-electron chi connectivity index (χ4n) is 3.23. The van der Waals surface area contributed by atoms with Crippen LogP contribution in [0, 0.1) is 6.92 Å². The summed E-state index contributed by atoms with van der Waals surface area (Å²) in [5.74, 6) is 2.23. The van der Waals surface area contributed by atoms with Crippen LogP contribution in [0.1, 0.15) is 28.4 Å². The number of rotatable bonds is 4. The van der Waals surface area contributed by atoms with Crippen LogP contribution in [0.2, 0.25) is 0 Å². The molecule has 132 valence electrons. The molecule has 4 aromatic heterocycles. The average Bonchev–Trinajstić information content (AvgIpc) is 3.35. The normalized spacial score (nSPS) is 13.6. The van der Waals surface area contributed by atoms with Gasteiger partial charge in [-0.05, 0) is 37.8 Å². The second-order valence-corrected chi connectivity index (χ2v) is 8.11. The molecule has 4 heterocycles. The molecule has 5 rings (SSSR count). The van der Waals surface area contributed by atoms with Gasteiger partial charge in [-0.25, -0.2) is 4.98 Å². The largest absolute Gasteiger partial charge is 0.469 e. The molecule has 0 aromatic carbocycles. The molecule has 26 heavy (non-hydrogen) atoms. The van der Waals surface area contributed by atoms with Crippen LogP contribution in [-0.2, 0) is 18.6 Å². The number of aryl methyl sites for hydroxylation is 3. The number of nitrogens with one attached hydrogen (secondary N) is 1. The van der Waals surface area contributed by atoms with E-state index in [0.717, 1.165) is 40.8 Å². The lowest BCUT2D eigenvalue weighted by molar-refractivity contribution is 0.463. The van der Waals surface area contributed by atoms with Gasteiger partial charge in [0.05, 0.1) is 23.0 Å². The van der Waals surface area contributed by atoms with Crippen LogP contribution in [0.4, 0.5) is 0 Å². The van der Waals surface area contributed by atoms with E-state index in [-0.39, 0.29) is 5.56 Å². The van der Waals surface area contributed by atoms with Crippen molar-refractivity contribution in [2.75, 3.05) is 0 Å².